The minimum atomic E-state index is -1.38. The van der Waals surface area contributed by atoms with Crippen molar-refractivity contribution in [3.63, 3.8) is 0 Å². The Morgan fingerprint density at radius 2 is 2.04 bits per heavy atom. The van der Waals surface area contributed by atoms with Crippen LogP contribution in [0.2, 0.25) is 0 Å². The van der Waals surface area contributed by atoms with Crippen molar-refractivity contribution < 1.29 is 14.7 Å². The Morgan fingerprint density at radius 3 is 2.81 bits per heavy atom. The molecule has 0 radical (unpaired) electrons. The van der Waals surface area contributed by atoms with Crippen molar-refractivity contribution in [1.82, 2.24) is 19.4 Å². The molecular formula is C19H24N4O3. The number of hydrogen-bond acceptors (Lipinski definition) is 4. The number of carbonyl (C=O) groups excluding carboxylic acids is 1. The van der Waals surface area contributed by atoms with Crippen LogP contribution in [0.1, 0.15) is 37.2 Å². The molecule has 1 aromatic carbocycles. The smallest absolute Gasteiger partial charge is 0.394 e. The van der Waals surface area contributed by atoms with E-state index >= 15 is 0 Å². The number of benzene rings is 1. The summed E-state index contributed by atoms with van der Waals surface area (Å²) in [6.07, 6.45) is 1.76. The van der Waals surface area contributed by atoms with E-state index in [0.29, 0.717) is 12.5 Å². The van der Waals surface area contributed by atoms with E-state index in [2.05, 4.69) is 29.5 Å². The van der Waals surface area contributed by atoms with Gasteiger partial charge in [-0.15, -0.1) is 0 Å². The van der Waals surface area contributed by atoms with E-state index in [1.807, 2.05) is 12.1 Å². The molecule has 0 unspecified atom stereocenters. The van der Waals surface area contributed by atoms with Gasteiger partial charge in [0.05, 0.1) is 23.6 Å². The number of piperidine rings is 1. The third-order valence-corrected chi connectivity index (χ3v) is 5.61. The topological polar surface area (TPSA) is 78.7 Å². The van der Waals surface area contributed by atoms with Crippen molar-refractivity contribution in [3.05, 3.63) is 29.6 Å². The molecule has 1 aromatic heterocycles. The Balaban J connectivity index is 1.71. The fraction of sp³-hybridized carbons (Fsp3) is 0.526. The molecule has 1 fully saturated rings. The molecule has 2 aromatic rings. The van der Waals surface area contributed by atoms with Gasteiger partial charge < -0.3 is 14.6 Å². The average molecular weight is 356 g/mol. The van der Waals surface area contributed by atoms with Gasteiger partial charge in [0.15, 0.2) is 0 Å². The first-order valence-electron chi connectivity index (χ1n) is 9.15. The second-order valence-electron chi connectivity index (χ2n) is 7.63. The molecular weight excluding hydrogens is 332 g/mol. The number of rotatable bonds is 1. The van der Waals surface area contributed by atoms with Gasteiger partial charge in [0.2, 0.25) is 0 Å². The van der Waals surface area contributed by atoms with E-state index in [4.69, 9.17) is 4.98 Å². The first-order valence-corrected chi connectivity index (χ1v) is 9.15. The molecule has 0 saturated carbocycles. The maximum absolute atomic E-state index is 12.2. The molecule has 7 nitrogen and oxygen atoms in total. The summed E-state index contributed by atoms with van der Waals surface area (Å²) in [5, 5.41) is 9.18. The normalized spacial score (nSPS) is 23.8. The summed E-state index contributed by atoms with van der Waals surface area (Å²) in [4.78, 5) is 32.0. The lowest BCUT2D eigenvalue weighted by molar-refractivity contribution is -0.158. The van der Waals surface area contributed by atoms with E-state index in [1.165, 1.54) is 4.90 Å². The van der Waals surface area contributed by atoms with Crippen LogP contribution in [-0.4, -0.2) is 56.5 Å². The average Bonchev–Trinajstić information content (AvgIpc) is 2.97. The Kier molecular flexibility index (Phi) is 4.19. The molecule has 26 heavy (non-hydrogen) atoms. The van der Waals surface area contributed by atoms with Crippen LogP contribution in [0.15, 0.2) is 18.2 Å². The van der Waals surface area contributed by atoms with Gasteiger partial charge in [0.1, 0.15) is 5.82 Å². The lowest BCUT2D eigenvalue weighted by atomic mass is 9.89. The van der Waals surface area contributed by atoms with Crippen molar-refractivity contribution in [1.29, 1.82) is 0 Å². The number of carboxylic acids is 1. The molecule has 0 aliphatic carbocycles. The zero-order valence-corrected chi connectivity index (χ0v) is 15.2. The SMILES string of the molecule is C[C@H]1CC[C@H](c2ccc3c(c2)nc2n3CCN(C)C2)N(C(=O)C(=O)O)C1. The van der Waals surface area contributed by atoms with E-state index in [0.717, 1.165) is 54.9 Å². The highest BCUT2D eigenvalue weighted by atomic mass is 16.4. The summed E-state index contributed by atoms with van der Waals surface area (Å²) in [5.41, 5.74) is 3.01. The first-order chi connectivity index (χ1) is 12.4. The number of imidazole rings is 1. The number of aromatic nitrogens is 2. The molecule has 0 spiro atoms. The number of aliphatic carboxylic acids is 1. The minimum absolute atomic E-state index is 0.194. The zero-order chi connectivity index (χ0) is 18.4. The van der Waals surface area contributed by atoms with Gasteiger partial charge in [-0.3, -0.25) is 9.69 Å². The van der Waals surface area contributed by atoms with E-state index < -0.39 is 11.9 Å². The molecule has 3 heterocycles. The molecule has 4 rings (SSSR count). The molecule has 2 aliphatic heterocycles. The molecule has 2 aliphatic rings. The molecule has 7 heteroatoms. The molecule has 2 atom stereocenters. The second-order valence-corrected chi connectivity index (χ2v) is 7.63. The monoisotopic (exact) mass is 356 g/mol. The highest BCUT2D eigenvalue weighted by Crippen LogP contribution is 2.35. The van der Waals surface area contributed by atoms with Crippen molar-refractivity contribution in [2.75, 3.05) is 20.1 Å². The molecule has 1 N–H and O–H groups in total. The highest BCUT2D eigenvalue weighted by Gasteiger charge is 2.34. The number of amides is 1. The highest BCUT2D eigenvalue weighted by molar-refractivity contribution is 6.31. The van der Waals surface area contributed by atoms with Crippen LogP contribution in [-0.2, 0) is 22.7 Å². The number of nitrogens with zero attached hydrogens (tertiary/aromatic N) is 4. The summed E-state index contributed by atoms with van der Waals surface area (Å²) in [7, 11) is 2.09. The second kappa shape index (κ2) is 6.39. The molecule has 1 amide bonds. The summed E-state index contributed by atoms with van der Waals surface area (Å²) < 4.78 is 2.25. The fourth-order valence-electron chi connectivity index (χ4n) is 4.21. The molecule has 138 valence electrons. The molecule has 1 saturated heterocycles. The Labute approximate surface area is 152 Å². The van der Waals surface area contributed by atoms with Gasteiger partial charge in [0.25, 0.3) is 0 Å². The van der Waals surface area contributed by atoms with Gasteiger partial charge in [-0.2, -0.15) is 0 Å². The summed E-state index contributed by atoms with van der Waals surface area (Å²) >= 11 is 0. The van der Waals surface area contributed by atoms with Crippen LogP contribution in [0.4, 0.5) is 0 Å². The largest absolute Gasteiger partial charge is 0.474 e. The summed E-state index contributed by atoms with van der Waals surface area (Å²) in [6, 6.07) is 5.93. The predicted molar refractivity (Wildman–Crippen MR) is 96.6 cm³/mol. The number of carboxylic acid groups (broad SMARTS) is 1. The van der Waals surface area contributed by atoms with Gasteiger partial charge in [0, 0.05) is 19.6 Å². The van der Waals surface area contributed by atoms with Crippen LogP contribution >= 0.6 is 0 Å². The standard InChI is InChI=1S/C19H24N4O3/c1-12-3-5-15(23(10-12)18(24)19(25)26)13-4-6-16-14(9-13)20-17-11-21(2)7-8-22(16)17/h4,6,9,12,15H,3,5,7-8,10-11H2,1-2H3,(H,25,26)/t12-,15+/m0/s1. The van der Waals surface area contributed by atoms with Crippen LogP contribution in [0.25, 0.3) is 11.0 Å². The Morgan fingerprint density at radius 1 is 1.23 bits per heavy atom. The van der Waals surface area contributed by atoms with Gasteiger partial charge in [-0.25, -0.2) is 9.78 Å². The fourth-order valence-corrected chi connectivity index (χ4v) is 4.21. The maximum Gasteiger partial charge on any atom is 0.394 e. The van der Waals surface area contributed by atoms with Crippen LogP contribution in [0.5, 0.6) is 0 Å². The number of likely N-dealkylation sites (N-methyl/N-ethyl adjacent to an activating group) is 1. The third-order valence-electron chi connectivity index (χ3n) is 5.61. The Hall–Kier alpha value is -2.41. The Bertz CT molecular complexity index is 875. The van der Waals surface area contributed by atoms with Crippen LogP contribution in [0, 0.1) is 5.92 Å². The van der Waals surface area contributed by atoms with Crippen molar-refractivity contribution in [2.45, 2.75) is 38.9 Å². The minimum Gasteiger partial charge on any atom is -0.474 e. The molecule has 0 bridgehead atoms. The number of carbonyl (C=O) groups is 2. The van der Waals surface area contributed by atoms with Gasteiger partial charge in [-0.05, 0) is 43.5 Å². The first kappa shape index (κ1) is 17.0. The van der Waals surface area contributed by atoms with E-state index in [9.17, 15) is 14.7 Å². The van der Waals surface area contributed by atoms with Gasteiger partial charge >= 0.3 is 11.9 Å². The third kappa shape index (κ3) is 2.86. The summed E-state index contributed by atoms with van der Waals surface area (Å²) in [5.74, 6) is -0.826. The van der Waals surface area contributed by atoms with Crippen molar-refractivity contribution in [3.8, 4) is 0 Å². The van der Waals surface area contributed by atoms with E-state index in [-0.39, 0.29) is 6.04 Å². The van der Waals surface area contributed by atoms with Crippen molar-refractivity contribution >= 4 is 22.9 Å². The zero-order valence-electron chi connectivity index (χ0n) is 15.2. The van der Waals surface area contributed by atoms with E-state index in [1.54, 1.807) is 0 Å². The van der Waals surface area contributed by atoms with Crippen molar-refractivity contribution in [2.24, 2.45) is 5.92 Å². The predicted octanol–water partition coefficient (Wildman–Crippen LogP) is 1.87. The number of fused-ring (bicyclic) bond motifs is 3. The maximum atomic E-state index is 12.2. The quantitative estimate of drug-likeness (QED) is 0.789. The van der Waals surface area contributed by atoms with Crippen LogP contribution < -0.4 is 0 Å². The number of likely N-dealkylation sites (tertiary alicyclic amines) is 1. The van der Waals surface area contributed by atoms with Crippen LogP contribution in [0.3, 0.4) is 0 Å². The lowest BCUT2D eigenvalue weighted by Crippen LogP contribution is -2.44. The van der Waals surface area contributed by atoms with Gasteiger partial charge in [-0.1, -0.05) is 13.0 Å². The lowest BCUT2D eigenvalue weighted by Gasteiger charge is -2.38. The summed E-state index contributed by atoms with van der Waals surface area (Å²) in [6.45, 7) is 5.29. The number of hydrogen-bond donors (Lipinski definition) is 1.